The van der Waals surface area contributed by atoms with E-state index < -0.39 is 0 Å². The highest BCUT2D eigenvalue weighted by Crippen LogP contribution is 2.44. The number of para-hydroxylation sites is 1. The summed E-state index contributed by atoms with van der Waals surface area (Å²) in [6.07, 6.45) is 3.63. The molecule has 0 aliphatic heterocycles. The first-order chi connectivity index (χ1) is 21.8. The summed E-state index contributed by atoms with van der Waals surface area (Å²) in [5.41, 5.74) is 9.12. The van der Waals surface area contributed by atoms with E-state index >= 15 is 0 Å². The van der Waals surface area contributed by atoms with Gasteiger partial charge in [0.05, 0.1) is 44.2 Å². The molecule has 9 rings (SSSR count). The molecule has 0 unspecified atom stereocenters. The Labute approximate surface area is 257 Å². The molecule has 0 amide bonds. The Kier molecular flexibility index (Phi) is 5.64. The fraction of sp³-hybridized carbons (Fsp3) is 0. The number of aromatic nitrogens is 4. The number of thiophene rings is 1. The third kappa shape index (κ3) is 3.94. The molecule has 44 heavy (non-hydrogen) atoms. The second-order valence-electron chi connectivity index (χ2n) is 10.9. The maximum Gasteiger partial charge on any atom is 0.0915 e. The molecule has 0 aliphatic rings. The van der Waals surface area contributed by atoms with E-state index in [4.69, 9.17) is 4.98 Å². The minimum absolute atomic E-state index is 0.811. The van der Waals surface area contributed by atoms with Gasteiger partial charge < -0.3 is 4.57 Å². The minimum atomic E-state index is 0.811. The molecule has 5 heteroatoms. The lowest BCUT2D eigenvalue weighted by atomic mass is 10.0. The monoisotopic (exact) mass is 580 g/mol. The molecule has 0 bridgehead atoms. The van der Waals surface area contributed by atoms with Crippen molar-refractivity contribution in [3.63, 3.8) is 0 Å². The van der Waals surface area contributed by atoms with Crippen molar-refractivity contribution in [3.8, 4) is 39.6 Å². The highest BCUT2D eigenvalue weighted by Gasteiger charge is 2.20. The van der Waals surface area contributed by atoms with E-state index in [2.05, 4.69) is 112 Å². The summed E-state index contributed by atoms with van der Waals surface area (Å²) >= 11 is 1.86. The average molecular weight is 581 g/mol. The van der Waals surface area contributed by atoms with Gasteiger partial charge in [-0.05, 0) is 65.7 Å². The van der Waals surface area contributed by atoms with Crippen molar-refractivity contribution in [1.29, 1.82) is 0 Å². The molecule has 5 heterocycles. The van der Waals surface area contributed by atoms with Crippen LogP contribution >= 0.6 is 11.3 Å². The molecule has 0 aliphatic carbocycles. The van der Waals surface area contributed by atoms with Gasteiger partial charge in [-0.2, -0.15) is 0 Å². The maximum absolute atomic E-state index is 5.04. The van der Waals surface area contributed by atoms with Gasteiger partial charge in [-0.25, -0.2) is 4.98 Å². The predicted octanol–water partition coefficient (Wildman–Crippen LogP) is 10.3. The molecule has 4 nitrogen and oxygen atoms in total. The van der Waals surface area contributed by atoms with Gasteiger partial charge in [0.15, 0.2) is 0 Å². The summed E-state index contributed by atoms with van der Waals surface area (Å²) < 4.78 is 4.96. The first kappa shape index (κ1) is 24.9. The quantitative estimate of drug-likeness (QED) is 0.208. The standard InChI is InChI=1S/C39H24N4S/c1-2-10-25(11-3-1)26-16-19-37-31(22-26)30-18-17-29-28-12-4-5-15-36(28)43(38(29)39(30)44-37)27-23-34(32-13-6-8-20-40-32)42-35(24-27)33-14-7-9-21-41-33/h1-24H. The molecule has 5 aromatic heterocycles. The van der Waals surface area contributed by atoms with Gasteiger partial charge in [0.25, 0.3) is 0 Å². The third-order valence-corrected chi connectivity index (χ3v) is 9.50. The fourth-order valence-electron chi connectivity index (χ4n) is 6.30. The van der Waals surface area contributed by atoms with Crippen LogP contribution in [-0.2, 0) is 0 Å². The summed E-state index contributed by atoms with van der Waals surface area (Å²) in [4.78, 5) is 14.3. The normalized spacial score (nSPS) is 11.6. The maximum atomic E-state index is 5.04. The molecule has 4 aromatic carbocycles. The van der Waals surface area contributed by atoms with E-state index in [0.717, 1.165) is 34.0 Å². The second kappa shape index (κ2) is 9.97. The lowest BCUT2D eigenvalue weighted by Gasteiger charge is -2.13. The van der Waals surface area contributed by atoms with Gasteiger partial charge in [-0.1, -0.05) is 78.9 Å². The number of hydrogen-bond acceptors (Lipinski definition) is 4. The Morgan fingerprint density at radius 3 is 1.89 bits per heavy atom. The lowest BCUT2D eigenvalue weighted by molar-refractivity contribution is 1.15. The Morgan fingerprint density at radius 2 is 1.16 bits per heavy atom. The summed E-state index contributed by atoms with van der Waals surface area (Å²) in [6.45, 7) is 0. The topological polar surface area (TPSA) is 43.6 Å². The molecule has 206 valence electrons. The van der Waals surface area contributed by atoms with Crippen molar-refractivity contribution in [2.24, 2.45) is 0 Å². The minimum Gasteiger partial charge on any atom is -0.308 e. The van der Waals surface area contributed by atoms with E-state index in [1.165, 1.54) is 47.6 Å². The molecule has 9 aromatic rings. The van der Waals surface area contributed by atoms with E-state index in [1.54, 1.807) is 0 Å². The van der Waals surface area contributed by atoms with Crippen LogP contribution in [0.5, 0.6) is 0 Å². The Morgan fingerprint density at radius 1 is 0.477 bits per heavy atom. The predicted molar refractivity (Wildman–Crippen MR) is 183 cm³/mol. The second-order valence-corrected chi connectivity index (χ2v) is 11.9. The largest absolute Gasteiger partial charge is 0.308 e. The average Bonchev–Trinajstić information content (AvgIpc) is 3.65. The SMILES string of the molecule is c1ccc(-c2ccc3sc4c(ccc5c6ccccc6n(-c6cc(-c7ccccn7)nc(-c7ccccn7)c6)c54)c3c2)cc1. The Balaban J connectivity index is 1.37. The zero-order valence-corrected chi connectivity index (χ0v) is 24.4. The van der Waals surface area contributed by atoms with Crippen LogP contribution in [0.2, 0.25) is 0 Å². The summed E-state index contributed by atoms with van der Waals surface area (Å²) in [5.74, 6) is 0. The van der Waals surface area contributed by atoms with Gasteiger partial charge in [0.2, 0.25) is 0 Å². The highest BCUT2D eigenvalue weighted by molar-refractivity contribution is 7.26. The Bertz CT molecular complexity index is 2420. The van der Waals surface area contributed by atoms with E-state index in [9.17, 15) is 0 Å². The summed E-state index contributed by atoms with van der Waals surface area (Å²) in [6, 6.07) is 46.9. The first-order valence-electron chi connectivity index (χ1n) is 14.6. The number of fused-ring (bicyclic) bond motifs is 7. The smallest absolute Gasteiger partial charge is 0.0915 e. The van der Waals surface area contributed by atoms with Crippen LogP contribution in [0.15, 0.2) is 146 Å². The number of benzene rings is 4. The zero-order chi connectivity index (χ0) is 29.0. The Hall–Kier alpha value is -5.65. The van der Waals surface area contributed by atoms with Crippen molar-refractivity contribution < 1.29 is 0 Å². The van der Waals surface area contributed by atoms with E-state index in [1.807, 2.05) is 60.1 Å². The first-order valence-corrected chi connectivity index (χ1v) is 15.4. The van der Waals surface area contributed by atoms with Gasteiger partial charge in [-0.15, -0.1) is 11.3 Å². The number of hydrogen-bond donors (Lipinski definition) is 0. The van der Waals surface area contributed by atoms with Gasteiger partial charge in [0.1, 0.15) is 0 Å². The van der Waals surface area contributed by atoms with Crippen LogP contribution in [0.25, 0.3) is 81.6 Å². The highest BCUT2D eigenvalue weighted by atomic mass is 32.1. The fourth-order valence-corrected chi connectivity index (χ4v) is 7.52. The lowest BCUT2D eigenvalue weighted by Crippen LogP contribution is -1.99. The number of nitrogens with zero attached hydrogens (tertiary/aromatic N) is 4. The van der Waals surface area contributed by atoms with Crippen molar-refractivity contribution in [2.45, 2.75) is 0 Å². The molecule has 0 fully saturated rings. The third-order valence-electron chi connectivity index (χ3n) is 8.30. The molecule has 0 spiro atoms. The van der Waals surface area contributed by atoms with Gasteiger partial charge in [0, 0.05) is 38.6 Å². The zero-order valence-electron chi connectivity index (χ0n) is 23.6. The van der Waals surface area contributed by atoms with Crippen LogP contribution in [-0.4, -0.2) is 19.5 Å². The van der Waals surface area contributed by atoms with Crippen LogP contribution in [0.3, 0.4) is 0 Å². The molecular weight excluding hydrogens is 557 g/mol. The van der Waals surface area contributed by atoms with Crippen molar-refractivity contribution in [3.05, 3.63) is 146 Å². The van der Waals surface area contributed by atoms with E-state index in [-0.39, 0.29) is 0 Å². The molecule has 0 radical (unpaired) electrons. The van der Waals surface area contributed by atoms with Crippen LogP contribution < -0.4 is 0 Å². The van der Waals surface area contributed by atoms with Crippen LogP contribution in [0.1, 0.15) is 0 Å². The van der Waals surface area contributed by atoms with Gasteiger partial charge in [-0.3, -0.25) is 9.97 Å². The van der Waals surface area contributed by atoms with Crippen LogP contribution in [0, 0.1) is 0 Å². The van der Waals surface area contributed by atoms with Gasteiger partial charge >= 0.3 is 0 Å². The summed E-state index contributed by atoms with van der Waals surface area (Å²) in [7, 11) is 0. The molecule has 0 saturated heterocycles. The molecular formula is C39H24N4S. The van der Waals surface area contributed by atoms with E-state index in [0.29, 0.717) is 0 Å². The van der Waals surface area contributed by atoms with Crippen molar-refractivity contribution in [1.82, 2.24) is 19.5 Å². The van der Waals surface area contributed by atoms with Crippen molar-refractivity contribution in [2.75, 3.05) is 0 Å². The molecule has 0 N–H and O–H groups in total. The summed E-state index contributed by atoms with van der Waals surface area (Å²) in [5, 5.41) is 5.01. The molecule has 0 atom stereocenters. The number of pyridine rings is 3. The van der Waals surface area contributed by atoms with Crippen molar-refractivity contribution >= 4 is 53.3 Å². The molecule has 0 saturated carbocycles. The number of rotatable bonds is 4. The van der Waals surface area contributed by atoms with Crippen LogP contribution in [0.4, 0.5) is 0 Å².